The van der Waals surface area contributed by atoms with E-state index in [1.807, 2.05) is 13.8 Å². The fourth-order valence-corrected chi connectivity index (χ4v) is 2.33. The summed E-state index contributed by atoms with van der Waals surface area (Å²) in [6.45, 7) is 3.84. The second kappa shape index (κ2) is 5.77. The number of esters is 2. The summed E-state index contributed by atoms with van der Waals surface area (Å²) < 4.78 is 9.16. The zero-order valence-electron chi connectivity index (χ0n) is 10.3. The Morgan fingerprint density at radius 1 is 1.24 bits per heavy atom. The molecule has 0 radical (unpaired) electrons. The first-order valence-electron chi connectivity index (χ1n) is 5.08. The second-order valence-corrected chi connectivity index (χ2v) is 4.84. The van der Waals surface area contributed by atoms with E-state index >= 15 is 0 Å². The van der Waals surface area contributed by atoms with Gasteiger partial charge in [-0.25, -0.2) is 4.98 Å². The maximum atomic E-state index is 11.5. The molecule has 0 N–H and O–H groups in total. The van der Waals surface area contributed by atoms with Crippen molar-refractivity contribution in [3.63, 3.8) is 0 Å². The molecule has 0 bridgehead atoms. The summed E-state index contributed by atoms with van der Waals surface area (Å²) >= 11 is 1.47. The molecule has 0 unspecified atom stereocenters. The largest absolute Gasteiger partial charge is 0.468 e. The third kappa shape index (κ3) is 3.26. The van der Waals surface area contributed by atoms with E-state index in [-0.39, 0.29) is 6.42 Å². The van der Waals surface area contributed by atoms with Gasteiger partial charge in [-0.15, -0.1) is 11.3 Å². The molecule has 0 aliphatic heterocycles. The first kappa shape index (κ1) is 13.6. The van der Waals surface area contributed by atoms with E-state index in [4.69, 9.17) is 0 Å². The minimum atomic E-state index is -0.935. The molecule has 0 aromatic carbocycles. The van der Waals surface area contributed by atoms with Gasteiger partial charge in [-0.05, 0) is 13.8 Å². The summed E-state index contributed by atoms with van der Waals surface area (Å²) in [7, 11) is 2.49. The number of hydrogen-bond acceptors (Lipinski definition) is 6. The lowest BCUT2D eigenvalue weighted by Gasteiger charge is -2.10. The van der Waals surface area contributed by atoms with Crippen molar-refractivity contribution in [3.05, 3.63) is 15.6 Å². The Morgan fingerprint density at radius 2 is 1.76 bits per heavy atom. The van der Waals surface area contributed by atoms with Crippen LogP contribution in [0.4, 0.5) is 0 Å². The van der Waals surface area contributed by atoms with Gasteiger partial charge in [0.15, 0.2) is 5.92 Å². The average Bonchev–Trinajstić information content (AvgIpc) is 2.63. The van der Waals surface area contributed by atoms with Crippen molar-refractivity contribution < 1.29 is 19.1 Å². The average molecular weight is 257 g/mol. The third-order valence-corrected chi connectivity index (χ3v) is 3.52. The van der Waals surface area contributed by atoms with Crippen LogP contribution in [0, 0.1) is 19.8 Å². The zero-order chi connectivity index (χ0) is 13.0. The Balaban J connectivity index is 2.86. The Labute approximate surface area is 104 Å². The molecule has 1 aromatic rings. The van der Waals surface area contributed by atoms with E-state index in [0.29, 0.717) is 0 Å². The molecule has 1 heterocycles. The van der Waals surface area contributed by atoms with Crippen LogP contribution in [0.2, 0.25) is 0 Å². The number of nitrogens with zero attached hydrogens (tertiary/aromatic N) is 1. The highest BCUT2D eigenvalue weighted by atomic mass is 32.1. The predicted octanol–water partition coefficient (Wildman–Crippen LogP) is 1.26. The highest BCUT2D eigenvalue weighted by molar-refractivity contribution is 7.11. The van der Waals surface area contributed by atoms with Gasteiger partial charge in [-0.1, -0.05) is 0 Å². The molecule has 1 aromatic heterocycles. The van der Waals surface area contributed by atoms with Gasteiger partial charge in [0.05, 0.1) is 24.9 Å². The van der Waals surface area contributed by atoms with Gasteiger partial charge in [0.25, 0.3) is 0 Å². The highest BCUT2D eigenvalue weighted by Gasteiger charge is 2.30. The molecule has 0 fully saturated rings. The summed E-state index contributed by atoms with van der Waals surface area (Å²) in [6, 6.07) is 0. The molecule has 0 amide bonds. The van der Waals surface area contributed by atoms with E-state index < -0.39 is 17.9 Å². The number of hydrogen-bond donors (Lipinski definition) is 0. The first-order valence-corrected chi connectivity index (χ1v) is 5.89. The Bertz CT molecular complexity index is 392. The quantitative estimate of drug-likeness (QED) is 0.600. The summed E-state index contributed by atoms with van der Waals surface area (Å²) in [5.74, 6) is -2.13. The molecule has 5 nitrogen and oxygen atoms in total. The van der Waals surface area contributed by atoms with Crippen LogP contribution in [-0.4, -0.2) is 31.1 Å². The van der Waals surface area contributed by atoms with Crippen molar-refractivity contribution in [2.45, 2.75) is 20.3 Å². The van der Waals surface area contributed by atoms with Crippen LogP contribution in [-0.2, 0) is 25.5 Å². The normalized spacial score (nSPS) is 10.4. The molecule has 0 aliphatic carbocycles. The molecule has 0 atom stereocenters. The van der Waals surface area contributed by atoms with E-state index in [1.54, 1.807) is 0 Å². The van der Waals surface area contributed by atoms with Gasteiger partial charge < -0.3 is 9.47 Å². The SMILES string of the molecule is COC(=O)C(Cc1nc(C)c(C)s1)C(=O)OC. The van der Waals surface area contributed by atoms with Gasteiger partial charge in [0, 0.05) is 11.3 Å². The van der Waals surface area contributed by atoms with Crippen molar-refractivity contribution in [2.75, 3.05) is 14.2 Å². The third-order valence-electron chi connectivity index (χ3n) is 2.42. The summed E-state index contributed by atoms with van der Waals surface area (Å²) in [5.41, 5.74) is 0.915. The lowest BCUT2D eigenvalue weighted by atomic mass is 10.1. The molecule has 0 spiro atoms. The van der Waals surface area contributed by atoms with Crippen LogP contribution in [0.15, 0.2) is 0 Å². The summed E-state index contributed by atoms with van der Waals surface area (Å²) in [4.78, 5) is 28.3. The van der Waals surface area contributed by atoms with Crippen LogP contribution in [0.3, 0.4) is 0 Å². The Kier molecular flexibility index (Phi) is 4.62. The fraction of sp³-hybridized carbons (Fsp3) is 0.545. The number of thiazole rings is 1. The number of ether oxygens (including phenoxy) is 2. The monoisotopic (exact) mass is 257 g/mol. The lowest BCUT2D eigenvalue weighted by molar-refractivity contribution is -0.158. The molecule has 94 valence electrons. The van der Waals surface area contributed by atoms with Gasteiger partial charge in [-0.3, -0.25) is 9.59 Å². The van der Waals surface area contributed by atoms with Crippen LogP contribution in [0.1, 0.15) is 15.6 Å². The van der Waals surface area contributed by atoms with E-state index in [9.17, 15) is 9.59 Å². The second-order valence-electron chi connectivity index (χ2n) is 3.55. The number of rotatable bonds is 4. The Hall–Kier alpha value is -1.43. The molecule has 6 heteroatoms. The van der Waals surface area contributed by atoms with Crippen LogP contribution in [0.5, 0.6) is 0 Å². The van der Waals surface area contributed by atoms with E-state index in [2.05, 4.69) is 14.5 Å². The fourth-order valence-electron chi connectivity index (χ4n) is 1.35. The van der Waals surface area contributed by atoms with Gasteiger partial charge in [0.2, 0.25) is 0 Å². The maximum Gasteiger partial charge on any atom is 0.320 e. The molecule has 1 rings (SSSR count). The predicted molar refractivity (Wildman–Crippen MR) is 62.8 cm³/mol. The lowest BCUT2D eigenvalue weighted by Crippen LogP contribution is -2.28. The van der Waals surface area contributed by atoms with Crippen molar-refractivity contribution in [1.82, 2.24) is 4.98 Å². The van der Waals surface area contributed by atoms with Crippen molar-refractivity contribution in [3.8, 4) is 0 Å². The van der Waals surface area contributed by atoms with Crippen molar-refractivity contribution in [1.29, 1.82) is 0 Å². The molecule has 17 heavy (non-hydrogen) atoms. The minimum Gasteiger partial charge on any atom is -0.468 e. The Morgan fingerprint density at radius 3 is 2.12 bits per heavy atom. The number of methoxy groups -OCH3 is 2. The van der Waals surface area contributed by atoms with Crippen LogP contribution in [0.25, 0.3) is 0 Å². The van der Waals surface area contributed by atoms with Gasteiger partial charge in [0.1, 0.15) is 0 Å². The molecular formula is C11H15NO4S. The number of carbonyl (C=O) groups excluding carboxylic acids is 2. The van der Waals surface area contributed by atoms with Crippen molar-refractivity contribution >= 4 is 23.3 Å². The first-order chi connectivity index (χ1) is 7.99. The molecule has 0 saturated heterocycles. The summed E-state index contributed by atoms with van der Waals surface area (Å²) in [6.07, 6.45) is 0.221. The number of carbonyl (C=O) groups is 2. The smallest absolute Gasteiger partial charge is 0.320 e. The summed E-state index contributed by atoms with van der Waals surface area (Å²) in [5, 5.41) is 0.737. The minimum absolute atomic E-state index is 0.221. The zero-order valence-corrected chi connectivity index (χ0v) is 11.1. The van der Waals surface area contributed by atoms with Crippen LogP contribution < -0.4 is 0 Å². The van der Waals surface area contributed by atoms with Gasteiger partial charge in [-0.2, -0.15) is 0 Å². The van der Waals surface area contributed by atoms with Gasteiger partial charge >= 0.3 is 11.9 Å². The van der Waals surface area contributed by atoms with Crippen LogP contribution >= 0.6 is 11.3 Å². The van der Waals surface area contributed by atoms with E-state index in [1.165, 1.54) is 25.6 Å². The highest BCUT2D eigenvalue weighted by Crippen LogP contribution is 2.20. The number of aryl methyl sites for hydroxylation is 2. The molecule has 0 saturated carbocycles. The van der Waals surface area contributed by atoms with Crippen molar-refractivity contribution in [2.24, 2.45) is 5.92 Å². The van der Waals surface area contributed by atoms with E-state index in [0.717, 1.165) is 15.6 Å². The number of aromatic nitrogens is 1. The molecular weight excluding hydrogens is 242 g/mol. The molecule has 0 aliphatic rings. The standard InChI is InChI=1S/C11H15NO4S/c1-6-7(2)17-9(12-6)5-8(10(13)15-3)11(14)16-4/h8H,5H2,1-4H3. The topological polar surface area (TPSA) is 65.5 Å². The maximum absolute atomic E-state index is 11.5.